The van der Waals surface area contributed by atoms with Crippen LogP contribution in [-0.2, 0) is 4.79 Å². The molecule has 1 aromatic heterocycles. The number of carbonyl (C=O) groups excluding carboxylic acids is 1. The Morgan fingerprint density at radius 1 is 1.26 bits per heavy atom. The van der Waals surface area contributed by atoms with E-state index < -0.39 is 5.97 Å². The maximum Gasteiger partial charge on any atom is 0.303 e. The zero-order chi connectivity index (χ0) is 13.8. The Hall–Kier alpha value is -2.30. The van der Waals surface area contributed by atoms with Gasteiger partial charge in [0.2, 0.25) is 5.91 Å². The van der Waals surface area contributed by atoms with Gasteiger partial charge < -0.3 is 9.84 Å². The lowest BCUT2D eigenvalue weighted by Crippen LogP contribution is -2.11. The standard InChI is InChI=1S/C14H15NO4/c1-2-19-11-3-4-12-10(9-11)7-8-15(12)13(16)5-6-14(17)18/h3-4,7-9H,2,5-6H2,1H3,(H,17,18). The summed E-state index contributed by atoms with van der Waals surface area (Å²) in [6, 6.07) is 7.28. The van der Waals surface area contributed by atoms with Crippen molar-refractivity contribution in [1.29, 1.82) is 0 Å². The largest absolute Gasteiger partial charge is 0.494 e. The first-order valence-corrected chi connectivity index (χ1v) is 6.10. The van der Waals surface area contributed by atoms with Crippen LogP contribution in [-0.4, -0.2) is 28.2 Å². The van der Waals surface area contributed by atoms with Crippen LogP contribution in [0.4, 0.5) is 0 Å². The molecule has 1 aromatic carbocycles. The van der Waals surface area contributed by atoms with E-state index in [2.05, 4.69) is 0 Å². The van der Waals surface area contributed by atoms with E-state index >= 15 is 0 Å². The highest BCUT2D eigenvalue weighted by Gasteiger charge is 2.11. The molecular formula is C14H15NO4. The molecule has 2 rings (SSSR count). The third-order valence-electron chi connectivity index (χ3n) is 2.79. The second kappa shape index (κ2) is 5.56. The van der Waals surface area contributed by atoms with E-state index in [0.29, 0.717) is 6.61 Å². The molecule has 2 aromatic rings. The van der Waals surface area contributed by atoms with Crippen molar-refractivity contribution in [3.05, 3.63) is 30.5 Å². The molecule has 0 aliphatic rings. The third kappa shape index (κ3) is 2.93. The van der Waals surface area contributed by atoms with Crippen molar-refractivity contribution in [2.45, 2.75) is 19.8 Å². The number of rotatable bonds is 5. The van der Waals surface area contributed by atoms with E-state index in [0.717, 1.165) is 16.7 Å². The van der Waals surface area contributed by atoms with Gasteiger partial charge in [0, 0.05) is 18.0 Å². The molecule has 19 heavy (non-hydrogen) atoms. The molecule has 1 heterocycles. The molecule has 0 aliphatic carbocycles. The fraction of sp³-hybridized carbons (Fsp3) is 0.286. The number of carbonyl (C=O) groups is 2. The first kappa shape index (κ1) is 13.1. The SMILES string of the molecule is CCOc1ccc2c(ccn2C(=O)CCC(=O)O)c1. The van der Waals surface area contributed by atoms with Crippen LogP contribution in [0.1, 0.15) is 24.6 Å². The zero-order valence-corrected chi connectivity index (χ0v) is 10.6. The number of aromatic nitrogens is 1. The van der Waals surface area contributed by atoms with Crippen LogP contribution < -0.4 is 4.74 Å². The van der Waals surface area contributed by atoms with E-state index in [-0.39, 0.29) is 18.7 Å². The lowest BCUT2D eigenvalue weighted by Gasteiger charge is -2.05. The van der Waals surface area contributed by atoms with Gasteiger partial charge in [0.25, 0.3) is 0 Å². The summed E-state index contributed by atoms with van der Waals surface area (Å²) in [6.07, 6.45) is 1.49. The van der Waals surface area contributed by atoms with Crippen LogP contribution in [0, 0.1) is 0 Å². The minimum absolute atomic E-state index is 0.00761. The highest BCUT2D eigenvalue weighted by molar-refractivity contribution is 5.94. The molecule has 1 N–H and O–H groups in total. The monoisotopic (exact) mass is 261 g/mol. The van der Waals surface area contributed by atoms with Gasteiger partial charge >= 0.3 is 5.97 Å². The normalized spacial score (nSPS) is 10.6. The Balaban J connectivity index is 2.25. The number of benzene rings is 1. The first-order chi connectivity index (χ1) is 9.11. The number of nitrogens with zero attached hydrogens (tertiary/aromatic N) is 1. The van der Waals surface area contributed by atoms with Gasteiger partial charge in [-0.05, 0) is 31.2 Å². The van der Waals surface area contributed by atoms with E-state index in [9.17, 15) is 9.59 Å². The Morgan fingerprint density at radius 3 is 2.74 bits per heavy atom. The Labute approximate surface area is 110 Å². The fourth-order valence-electron chi connectivity index (χ4n) is 1.93. The van der Waals surface area contributed by atoms with Gasteiger partial charge in [-0.15, -0.1) is 0 Å². The van der Waals surface area contributed by atoms with E-state index in [1.54, 1.807) is 18.3 Å². The van der Waals surface area contributed by atoms with Crippen LogP contribution >= 0.6 is 0 Å². The lowest BCUT2D eigenvalue weighted by molar-refractivity contribution is -0.136. The van der Waals surface area contributed by atoms with Crippen LogP contribution in [0.2, 0.25) is 0 Å². The number of carboxylic acid groups (broad SMARTS) is 1. The van der Waals surface area contributed by atoms with Crippen LogP contribution in [0.25, 0.3) is 10.9 Å². The number of ether oxygens (including phenoxy) is 1. The van der Waals surface area contributed by atoms with Gasteiger partial charge in [-0.1, -0.05) is 0 Å². The van der Waals surface area contributed by atoms with Crippen molar-refractivity contribution in [1.82, 2.24) is 4.57 Å². The number of hydrogen-bond acceptors (Lipinski definition) is 3. The van der Waals surface area contributed by atoms with E-state index in [1.807, 2.05) is 19.1 Å². The number of aliphatic carboxylic acids is 1. The summed E-state index contributed by atoms with van der Waals surface area (Å²) >= 11 is 0. The summed E-state index contributed by atoms with van der Waals surface area (Å²) in [4.78, 5) is 22.4. The molecule has 0 unspecified atom stereocenters. The molecule has 100 valence electrons. The van der Waals surface area contributed by atoms with Crippen molar-refractivity contribution in [2.24, 2.45) is 0 Å². The van der Waals surface area contributed by atoms with Crippen molar-refractivity contribution < 1.29 is 19.4 Å². The van der Waals surface area contributed by atoms with Gasteiger partial charge in [0.1, 0.15) is 5.75 Å². The molecule has 5 nitrogen and oxygen atoms in total. The Bertz CT molecular complexity index is 615. The second-order valence-electron chi connectivity index (χ2n) is 4.13. The first-order valence-electron chi connectivity index (χ1n) is 6.10. The molecule has 0 fully saturated rings. The minimum Gasteiger partial charge on any atom is -0.494 e. The predicted octanol–water partition coefficient (Wildman–Crippen LogP) is 2.54. The van der Waals surface area contributed by atoms with E-state index in [4.69, 9.17) is 9.84 Å². The van der Waals surface area contributed by atoms with Crippen LogP contribution in [0.5, 0.6) is 5.75 Å². The summed E-state index contributed by atoms with van der Waals surface area (Å²) < 4.78 is 6.87. The minimum atomic E-state index is -0.969. The summed E-state index contributed by atoms with van der Waals surface area (Å²) in [5.74, 6) is -0.435. The van der Waals surface area contributed by atoms with Gasteiger partial charge in [0.05, 0.1) is 18.5 Å². The Morgan fingerprint density at radius 2 is 2.05 bits per heavy atom. The smallest absolute Gasteiger partial charge is 0.303 e. The molecule has 0 saturated carbocycles. The summed E-state index contributed by atoms with van der Waals surface area (Å²) in [6.45, 7) is 2.49. The fourth-order valence-corrected chi connectivity index (χ4v) is 1.93. The molecule has 0 bridgehead atoms. The van der Waals surface area contributed by atoms with Crippen LogP contribution in [0.15, 0.2) is 30.5 Å². The zero-order valence-electron chi connectivity index (χ0n) is 10.6. The number of hydrogen-bond donors (Lipinski definition) is 1. The molecule has 0 atom stereocenters. The Kier molecular flexibility index (Phi) is 3.85. The van der Waals surface area contributed by atoms with Crippen LogP contribution in [0.3, 0.4) is 0 Å². The van der Waals surface area contributed by atoms with Crippen molar-refractivity contribution in [3.8, 4) is 5.75 Å². The molecule has 0 saturated heterocycles. The topological polar surface area (TPSA) is 68.5 Å². The number of carboxylic acids is 1. The van der Waals surface area contributed by atoms with Gasteiger partial charge in [0.15, 0.2) is 0 Å². The summed E-state index contributed by atoms with van der Waals surface area (Å²) in [5, 5.41) is 9.49. The third-order valence-corrected chi connectivity index (χ3v) is 2.79. The molecule has 0 radical (unpaired) electrons. The maximum absolute atomic E-state index is 11.9. The molecule has 5 heteroatoms. The molecule has 0 amide bonds. The van der Waals surface area contributed by atoms with Crippen molar-refractivity contribution in [2.75, 3.05) is 6.61 Å². The molecule has 0 spiro atoms. The predicted molar refractivity (Wildman–Crippen MR) is 70.6 cm³/mol. The quantitative estimate of drug-likeness (QED) is 0.898. The molecular weight excluding hydrogens is 246 g/mol. The highest BCUT2D eigenvalue weighted by atomic mass is 16.5. The molecule has 0 aliphatic heterocycles. The lowest BCUT2D eigenvalue weighted by atomic mass is 10.2. The average molecular weight is 261 g/mol. The average Bonchev–Trinajstić information content (AvgIpc) is 2.79. The second-order valence-corrected chi connectivity index (χ2v) is 4.13. The summed E-state index contributed by atoms with van der Waals surface area (Å²) in [5.41, 5.74) is 0.763. The summed E-state index contributed by atoms with van der Waals surface area (Å²) in [7, 11) is 0. The van der Waals surface area contributed by atoms with E-state index in [1.165, 1.54) is 4.57 Å². The van der Waals surface area contributed by atoms with Gasteiger partial charge in [-0.2, -0.15) is 0 Å². The van der Waals surface area contributed by atoms with Gasteiger partial charge in [-0.25, -0.2) is 0 Å². The number of fused-ring (bicyclic) bond motifs is 1. The highest BCUT2D eigenvalue weighted by Crippen LogP contribution is 2.22. The van der Waals surface area contributed by atoms with Gasteiger partial charge in [-0.3, -0.25) is 14.2 Å². The van der Waals surface area contributed by atoms with Crippen molar-refractivity contribution >= 4 is 22.8 Å². The maximum atomic E-state index is 11.9. The van der Waals surface area contributed by atoms with Crippen molar-refractivity contribution in [3.63, 3.8) is 0 Å².